The van der Waals surface area contributed by atoms with Crippen LogP contribution in [0.15, 0.2) is 91.0 Å². The minimum atomic E-state index is -1.18. The van der Waals surface area contributed by atoms with Gasteiger partial charge in [-0.1, -0.05) is 54.6 Å². The zero-order chi connectivity index (χ0) is 59.8. The summed E-state index contributed by atoms with van der Waals surface area (Å²) in [5.41, 5.74) is 2.95. The molecule has 0 spiro atoms. The first kappa shape index (κ1) is 64.3. The second kappa shape index (κ2) is 32.0. The molecule has 0 atom stereocenters. The van der Waals surface area contributed by atoms with Crippen LogP contribution in [0, 0.1) is 0 Å². The fraction of sp³-hybridized carbons (Fsp3) is 0.340. The van der Waals surface area contributed by atoms with Crippen LogP contribution in [0.25, 0.3) is 32.7 Å². The Morgan fingerprint density at radius 1 is 0.321 bits per heavy atom. The highest BCUT2D eigenvalue weighted by Gasteiger charge is 2.21. The molecule has 0 aliphatic carbocycles. The zero-order valence-electron chi connectivity index (χ0n) is 43.9. The van der Waals surface area contributed by atoms with Crippen LogP contribution in [-0.2, 0) is 58.0 Å². The number of nitrogens with zero attached hydrogens (tertiary/aromatic N) is 9. The molecule has 3 aromatic heterocycles. The van der Waals surface area contributed by atoms with Gasteiger partial charge in [0.05, 0.1) is 69.4 Å². The zero-order valence-corrected chi connectivity index (χ0v) is 43.9. The Morgan fingerprint density at radius 2 is 0.580 bits per heavy atom. The van der Waals surface area contributed by atoms with Crippen LogP contribution in [0.1, 0.15) is 17.1 Å². The molecule has 6 rings (SSSR count). The van der Waals surface area contributed by atoms with E-state index in [0.29, 0.717) is 46.7 Å². The summed E-state index contributed by atoms with van der Waals surface area (Å²) >= 11 is 0. The number of benzene rings is 3. The van der Waals surface area contributed by atoms with Crippen LogP contribution >= 0.6 is 0 Å². The summed E-state index contributed by atoms with van der Waals surface area (Å²) in [6, 6.07) is 25.6. The minimum Gasteiger partial charge on any atom is -0.506 e. The smallest absolute Gasteiger partial charge is 0.317 e. The maximum absolute atomic E-state index is 11.1. The van der Waals surface area contributed by atoms with E-state index in [9.17, 15) is 53.7 Å². The van der Waals surface area contributed by atoms with E-state index in [-0.39, 0.29) is 76.2 Å². The van der Waals surface area contributed by atoms with Gasteiger partial charge in [-0.25, -0.2) is 15.0 Å². The lowest BCUT2D eigenvalue weighted by molar-refractivity contribution is -0.144. The summed E-state index contributed by atoms with van der Waals surface area (Å²) in [5, 5.41) is 104. The topological polar surface area (TPSA) is 417 Å². The molecule has 0 aliphatic heterocycles. The van der Waals surface area contributed by atoms with Gasteiger partial charge in [0.25, 0.3) is 0 Å². The van der Waals surface area contributed by atoms with Gasteiger partial charge < -0.3 is 56.2 Å². The molecule has 0 saturated heterocycles. The molecular weight excluding hydrogens is 1070 g/mol. The summed E-state index contributed by atoms with van der Waals surface area (Å²) in [6.45, 7) is -1.06. The predicted octanol–water partition coefficient (Wildman–Crippen LogP) is 1.44. The number of carboxylic acids is 8. The summed E-state index contributed by atoms with van der Waals surface area (Å²) in [4.78, 5) is 110. The Morgan fingerprint density at radius 3 is 0.901 bits per heavy atom. The molecule has 3 heterocycles. The van der Waals surface area contributed by atoms with Crippen molar-refractivity contribution in [2.45, 2.75) is 19.6 Å². The van der Waals surface area contributed by atoms with Crippen LogP contribution in [0.5, 0.6) is 17.2 Å². The first-order chi connectivity index (χ1) is 38.3. The van der Waals surface area contributed by atoms with E-state index in [1.54, 1.807) is 88.5 Å². The molecule has 11 N–H and O–H groups in total. The van der Waals surface area contributed by atoms with Crippen molar-refractivity contribution in [1.82, 2.24) is 44.4 Å². The number of pyridine rings is 3. The number of aliphatic carboxylic acids is 8. The fourth-order valence-electron chi connectivity index (χ4n) is 8.07. The van der Waals surface area contributed by atoms with Crippen molar-refractivity contribution in [2.24, 2.45) is 0 Å². The SMILES string of the molecule is CN(CCN(CC(=O)O)Cc1ccc2cccc(O)c2n1)CC(=O)O.O=C(O)CN(CC(=O)O)Cc1ccc2cccc(O)c2n1.O=C(O)CN(CCN(CCN(CC(=O)O)CC(=O)O)Cc1ccc2cccc(O)c2n1)CC(=O)O. The number of phenols is 3. The maximum Gasteiger partial charge on any atom is 0.317 e. The third-order valence-electron chi connectivity index (χ3n) is 11.6. The van der Waals surface area contributed by atoms with Crippen LogP contribution in [0.3, 0.4) is 0 Å². The normalized spacial score (nSPS) is 11.2. The Kier molecular flexibility index (Phi) is 25.4. The third-order valence-corrected chi connectivity index (χ3v) is 11.6. The van der Waals surface area contributed by atoms with Crippen molar-refractivity contribution in [3.8, 4) is 17.2 Å². The van der Waals surface area contributed by atoms with Gasteiger partial charge >= 0.3 is 47.8 Å². The molecule has 6 aromatic rings. The number of likely N-dealkylation sites (N-methyl/N-ethyl adjacent to an activating group) is 1. The first-order valence-electron chi connectivity index (χ1n) is 24.6. The number of fused-ring (bicyclic) bond motifs is 3. The number of carbonyl (C=O) groups is 8. The van der Waals surface area contributed by atoms with E-state index >= 15 is 0 Å². The summed E-state index contributed by atoms with van der Waals surface area (Å²) in [7, 11) is 1.67. The Bertz CT molecular complexity index is 3080. The number of phenolic OH excluding ortho intramolecular Hbond substituents is 3. The molecule has 3 aromatic carbocycles. The standard InChI is InChI=1S/C22H28N4O9.C17H21N3O5.C14H14N2O5/c27-17-3-1-2-15-4-5-16(23-22(15)17)10-24(6-8-25(11-18(28)29)12-19(30)31)7-9-26(13-20(32)33)14-21(34)35;1-19(10-15(22)23)7-8-20(11-16(24)25)9-13-6-5-12-3-2-4-14(21)17(12)18-13;17-11-3-1-2-9-4-5-10(15-14(9)11)6-16(7-12(18)19)8-13(20)21/h1-5,27H,6-14H2,(H,28,29)(H,30,31)(H,32,33)(H,34,35);2-6,21H,7-11H2,1H3,(H,22,23)(H,24,25);1-5,17H,6-8H2,(H,18,19)(H,20,21). The molecule has 0 aliphatic rings. The minimum absolute atomic E-state index is 0.000849. The third kappa shape index (κ3) is 23.8. The van der Waals surface area contributed by atoms with Gasteiger partial charge in [0, 0.05) is 75.1 Å². The second-order valence-electron chi connectivity index (χ2n) is 18.4. The van der Waals surface area contributed by atoms with Gasteiger partial charge in [0.1, 0.15) is 33.8 Å². The second-order valence-corrected chi connectivity index (χ2v) is 18.4. The largest absolute Gasteiger partial charge is 0.506 e. The van der Waals surface area contributed by atoms with Crippen LogP contribution < -0.4 is 0 Å². The predicted molar refractivity (Wildman–Crippen MR) is 288 cm³/mol. The van der Waals surface area contributed by atoms with E-state index < -0.39 is 87.0 Å². The average molecular weight is 1130 g/mol. The highest BCUT2D eigenvalue weighted by Crippen LogP contribution is 2.25. The van der Waals surface area contributed by atoms with Crippen molar-refractivity contribution in [3.05, 3.63) is 108 Å². The maximum atomic E-state index is 11.1. The molecule has 0 saturated carbocycles. The average Bonchev–Trinajstić information content (AvgIpc) is 3.38. The van der Waals surface area contributed by atoms with Crippen molar-refractivity contribution in [3.63, 3.8) is 0 Å². The molecule has 0 bridgehead atoms. The highest BCUT2D eigenvalue weighted by atomic mass is 16.4. The van der Waals surface area contributed by atoms with Gasteiger partial charge in [-0.05, 0) is 43.4 Å². The number of hydrogen-bond acceptors (Lipinski definition) is 20. The van der Waals surface area contributed by atoms with E-state index in [4.69, 9.17) is 40.9 Å². The van der Waals surface area contributed by atoms with Crippen LogP contribution in [-0.4, -0.2) is 247 Å². The van der Waals surface area contributed by atoms with Crippen molar-refractivity contribution < 1.29 is 94.5 Å². The van der Waals surface area contributed by atoms with E-state index in [0.717, 1.165) is 16.2 Å². The lowest BCUT2D eigenvalue weighted by Gasteiger charge is -2.28. The number of aromatic hydroxyl groups is 3. The number of hydrogen-bond donors (Lipinski definition) is 11. The number of aromatic nitrogens is 3. The molecule has 28 heteroatoms. The molecular formula is C53H63N9O19. The molecule has 0 unspecified atom stereocenters. The lowest BCUT2D eigenvalue weighted by Crippen LogP contribution is -2.44. The highest BCUT2D eigenvalue weighted by molar-refractivity contribution is 5.86. The van der Waals surface area contributed by atoms with Crippen molar-refractivity contribution >= 4 is 80.5 Å². The van der Waals surface area contributed by atoms with Gasteiger partial charge in [0.2, 0.25) is 0 Å². The van der Waals surface area contributed by atoms with Crippen molar-refractivity contribution in [1.29, 1.82) is 0 Å². The molecule has 28 nitrogen and oxygen atoms in total. The van der Waals surface area contributed by atoms with Gasteiger partial charge in [-0.15, -0.1) is 0 Å². The van der Waals surface area contributed by atoms with Crippen molar-refractivity contribution in [2.75, 3.05) is 98.7 Å². The van der Waals surface area contributed by atoms with Gasteiger partial charge in [0.15, 0.2) is 0 Å². The van der Waals surface area contributed by atoms with Gasteiger partial charge in [-0.3, -0.25) is 67.8 Å². The number of carboxylic acid groups (broad SMARTS) is 8. The summed E-state index contributed by atoms with van der Waals surface area (Å²) in [6.07, 6.45) is 0. The summed E-state index contributed by atoms with van der Waals surface area (Å²) in [5.74, 6) is -8.75. The van der Waals surface area contributed by atoms with Crippen LogP contribution in [0.4, 0.5) is 0 Å². The van der Waals surface area contributed by atoms with E-state index in [1.165, 1.54) is 26.8 Å². The monoisotopic (exact) mass is 1130 g/mol. The van der Waals surface area contributed by atoms with E-state index in [1.807, 2.05) is 12.1 Å². The molecule has 0 amide bonds. The summed E-state index contributed by atoms with van der Waals surface area (Å²) < 4.78 is 0. The fourth-order valence-corrected chi connectivity index (χ4v) is 8.07. The molecule has 0 radical (unpaired) electrons. The quantitative estimate of drug-likeness (QED) is 0.0293. The Hall–Kier alpha value is -9.19. The first-order valence-corrected chi connectivity index (χ1v) is 24.6. The Labute approximate surface area is 461 Å². The Balaban J connectivity index is 0.000000271. The number of rotatable bonds is 31. The lowest BCUT2D eigenvalue weighted by atomic mass is 10.2. The van der Waals surface area contributed by atoms with E-state index in [2.05, 4.69) is 15.0 Å². The van der Waals surface area contributed by atoms with Gasteiger partial charge in [-0.2, -0.15) is 0 Å². The molecule has 434 valence electrons. The number of para-hydroxylation sites is 3. The molecule has 81 heavy (non-hydrogen) atoms. The van der Waals surface area contributed by atoms with Crippen LogP contribution in [0.2, 0.25) is 0 Å². The molecule has 0 fully saturated rings.